The molecule has 0 bridgehead atoms. The molecule has 2 rings (SSSR count). The predicted molar refractivity (Wildman–Crippen MR) is 102 cm³/mol. The van der Waals surface area contributed by atoms with Gasteiger partial charge in [0.25, 0.3) is 0 Å². The van der Waals surface area contributed by atoms with Gasteiger partial charge >= 0.3 is 6.03 Å². The zero-order valence-corrected chi connectivity index (χ0v) is 16.5. The van der Waals surface area contributed by atoms with Crippen molar-refractivity contribution in [2.75, 3.05) is 26.7 Å². The van der Waals surface area contributed by atoms with Gasteiger partial charge in [0.2, 0.25) is 5.91 Å². The Morgan fingerprint density at radius 3 is 2.54 bits per heavy atom. The Bertz CT molecular complexity index is 639. The lowest BCUT2D eigenvalue weighted by Crippen LogP contribution is -2.48. The highest BCUT2D eigenvalue weighted by molar-refractivity contribution is 5.83. The highest BCUT2D eigenvalue weighted by atomic mass is 16.5. The van der Waals surface area contributed by atoms with Gasteiger partial charge in [-0.1, -0.05) is 25.1 Å². The first kappa shape index (κ1) is 20.1. The maximum absolute atomic E-state index is 12.7. The number of hydrogen-bond donors (Lipinski definition) is 2. The normalized spacial score (nSPS) is 20.0. The Morgan fingerprint density at radius 2 is 1.92 bits per heavy atom. The molecular weight excluding hydrogens is 330 g/mol. The van der Waals surface area contributed by atoms with E-state index in [1.165, 1.54) is 0 Å². The summed E-state index contributed by atoms with van der Waals surface area (Å²) in [4.78, 5) is 27.1. The van der Waals surface area contributed by atoms with Crippen molar-refractivity contribution in [3.63, 3.8) is 0 Å². The Morgan fingerprint density at radius 1 is 1.23 bits per heavy atom. The number of benzene rings is 1. The number of rotatable bonds is 5. The average Bonchev–Trinajstić information content (AvgIpc) is 3.03. The van der Waals surface area contributed by atoms with Gasteiger partial charge in [0.05, 0.1) is 13.0 Å². The van der Waals surface area contributed by atoms with Gasteiger partial charge in [0.15, 0.2) is 0 Å². The predicted octanol–water partition coefficient (Wildman–Crippen LogP) is 2.74. The van der Waals surface area contributed by atoms with Gasteiger partial charge in [-0.2, -0.15) is 0 Å². The van der Waals surface area contributed by atoms with Crippen LogP contribution in [-0.4, -0.2) is 49.1 Å². The van der Waals surface area contributed by atoms with E-state index in [4.69, 9.17) is 4.74 Å². The Hall–Kier alpha value is -2.24. The molecule has 0 aliphatic carbocycles. The third kappa shape index (κ3) is 4.90. The van der Waals surface area contributed by atoms with E-state index in [1.807, 2.05) is 52.0 Å². The molecule has 1 heterocycles. The number of ether oxygens (including phenoxy) is 1. The first-order chi connectivity index (χ1) is 12.3. The summed E-state index contributed by atoms with van der Waals surface area (Å²) < 4.78 is 5.49. The van der Waals surface area contributed by atoms with Crippen molar-refractivity contribution in [1.82, 2.24) is 15.5 Å². The number of amides is 3. The molecule has 6 heteroatoms. The highest BCUT2D eigenvalue weighted by Gasteiger charge is 2.41. The summed E-state index contributed by atoms with van der Waals surface area (Å²) in [5.74, 6) is 0.370. The van der Waals surface area contributed by atoms with Crippen molar-refractivity contribution in [3.05, 3.63) is 29.8 Å². The summed E-state index contributed by atoms with van der Waals surface area (Å²) in [6.45, 7) is 9.41. The van der Waals surface area contributed by atoms with Crippen LogP contribution in [0.3, 0.4) is 0 Å². The van der Waals surface area contributed by atoms with E-state index in [9.17, 15) is 9.59 Å². The maximum atomic E-state index is 12.7. The minimum atomic E-state index is -0.320. The molecule has 2 unspecified atom stereocenters. The lowest BCUT2D eigenvalue weighted by molar-refractivity contribution is -0.124. The van der Waals surface area contributed by atoms with Crippen LogP contribution in [0.15, 0.2) is 24.3 Å². The Balaban J connectivity index is 2.27. The first-order valence-corrected chi connectivity index (χ1v) is 9.24. The van der Waals surface area contributed by atoms with Crippen LogP contribution in [0.2, 0.25) is 0 Å². The molecule has 0 radical (unpaired) electrons. The number of urea groups is 1. The zero-order valence-electron chi connectivity index (χ0n) is 16.5. The molecule has 2 N–H and O–H groups in total. The molecule has 3 amide bonds. The Labute approximate surface area is 156 Å². The number of likely N-dealkylation sites (tertiary alicyclic amines) is 1. The van der Waals surface area contributed by atoms with Crippen molar-refractivity contribution >= 4 is 11.9 Å². The second kappa shape index (κ2) is 8.43. The standard InChI is InChI=1S/C20H31N3O3/c1-6-11-21-18(24)16-13-23(19(25)22-20(2,3)4)12-15(16)14-9-7-8-10-17(14)26-5/h7-10,15-16H,6,11-13H2,1-5H3,(H,21,24)(H,22,25). The van der Waals surface area contributed by atoms with Crippen molar-refractivity contribution in [1.29, 1.82) is 0 Å². The fourth-order valence-corrected chi connectivity index (χ4v) is 3.30. The van der Waals surface area contributed by atoms with Crippen LogP contribution in [0.5, 0.6) is 5.75 Å². The molecule has 1 saturated heterocycles. The Kier molecular flexibility index (Phi) is 6.51. The summed E-state index contributed by atoms with van der Waals surface area (Å²) in [6.07, 6.45) is 0.881. The van der Waals surface area contributed by atoms with Crippen LogP contribution in [0.4, 0.5) is 4.79 Å². The number of nitrogens with one attached hydrogen (secondary N) is 2. The van der Waals surface area contributed by atoms with Gasteiger partial charge in [-0.25, -0.2) is 4.79 Å². The van der Waals surface area contributed by atoms with Gasteiger partial charge in [-0.15, -0.1) is 0 Å². The van der Waals surface area contributed by atoms with Gasteiger partial charge in [0.1, 0.15) is 5.75 Å². The average molecular weight is 361 g/mol. The van der Waals surface area contributed by atoms with E-state index in [-0.39, 0.29) is 29.3 Å². The van der Waals surface area contributed by atoms with Gasteiger partial charge < -0.3 is 20.3 Å². The van der Waals surface area contributed by atoms with E-state index in [0.717, 1.165) is 17.7 Å². The van der Waals surface area contributed by atoms with Gasteiger partial charge in [0, 0.05) is 31.1 Å². The molecule has 1 fully saturated rings. The topological polar surface area (TPSA) is 70.7 Å². The lowest BCUT2D eigenvalue weighted by Gasteiger charge is -2.25. The van der Waals surface area contributed by atoms with E-state index in [1.54, 1.807) is 12.0 Å². The van der Waals surface area contributed by atoms with Crippen LogP contribution in [0, 0.1) is 5.92 Å². The molecule has 0 spiro atoms. The molecule has 1 aliphatic heterocycles. The molecule has 0 aromatic heterocycles. The van der Waals surface area contributed by atoms with Crippen molar-refractivity contribution in [2.24, 2.45) is 5.92 Å². The second-order valence-corrected chi connectivity index (χ2v) is 7.83. The van der Waals surface area contributed by atoms with Crippen molar-refractivity contribution < 1.29 is 14.3 Å². The first-order valence-electron chi connectivity index (χ1n) is 9.24. The SMILES string of the molecule is CCCNC(=O)C1CN(C(=O)NC(C)(C)C)CC1c1ccccc1OC. The molecule has 1 aliphatic rings. The van der Waals surface area contributed by atoms with E-state index in [0.29, 0.717) is 19.6 Å². The van der Waals surface area contributed by atoms with E-state index >= 15 is 0 Å². The van der Waals surface area contributed by atoms with Crippen molar-refractivity contribution in [2.45, 2.75) is 45.6 Å². The minimum Gasteiger partial charge on any atom is -0.496 e. The highest BCUT2D eigenvalue weighted by Crippen LogP contribution is 2.37. The van der Waals surface area contributed by atoms with Crippen LogP contribution in [0.25, 0.3) is 0 Å². The number of carbonyl (C=O) groups excluding carboxylic acids is 2. The van der Waals surface area contributed by atoms with Crippen LogP contribution >= 0.6 is 0 Å². The molecule has 26 heavy (non-hydrogen) atoms. The molecule has 2 atom stereocenters. The van der Waals surface area contributed by atoms with Crippen molar-refractivity contribution in [3.8, 4) is 5.75 Å². The molecule has 6 nitrogen and oxygen atoms in total. The monoisotopic (exact) mass is 361 g/mol. The van der Waals surface area contributed by atoms with Crippen LogP contribution in [0.1, 0.15) is 45.6 Å². The van der Waals surface area contributed by atoms with Crippen LogP contribution in [-0.2, 0) is 4.79 Å². The minimum absolute atomic E-state index is 0.00573. The van der Waals surface area contributed by atoms with E-state index < -0.39 is 0 Å². The quantitative estimate of drug-likeness (QED) is 0.847. The summed E-state index contributed by atoms with van der Waals surface area (Å²) in [5.41, 5.74) is 0.650. The fraction of sp³-hybridized carbons (Fsp3) is 0.600. The maximum Gasteiger partial charge on any atom is 0.317 e. The van der Waals surface area contributed by atoms with Gasteiger partial charge in [-0.3, -0.25) is 4.79 Å². The number of para-hydroxylation sites is 1. The van der Waals surface area contributed by atoms with Gasteiger partial charge in [-0.05, 0) is 38.8 Å². The van der Waals surface area contributed by atoms with Crippen LogP contribution < -0.4 is 15.4 Å². The number of carbonyl (C=O) groups is 2. The largest absolute Gasteiger partial charge is 0.496 e. The number of hydrogen-bond acceptors (Lipinski definition) is 3. The smallest absolute Gasteiger partial charge is 0.317 e. The summed E-state index contributed by atoms with van der Waals surface area (Å²) in [6, 6.07) is 7.59. The molecule has 0 saturated carbocycles. The summed E-state index contributed by atoms with van der Waals surface area (Å²) >= 11 is 0. The number of methoxy groups -OCH3 is 1. The third-order valence-corrected chi connectivity index (χ3v) is 4.51. The molecular formula is C20H31N3O3. The second-order valence-electron chi connectivity index (χ2n) is 7.83. The third-order valence-electron chi connectivity index (χ3n) is 4.51. The summed E-state index contributed by atoms with van der Waals surface area (Å²) in [7, 11) is 1.63. The fourth-order valence-electron chi connectivity index (χ4n) is 3.30. The molecule has 1 aromatic carbocycles. The lowest BCUT2D eigenvalue weighted by atomic mass is 9.87. The van der Waals surface area contributed by atoms with E-state index in [2.05, 4.69) is 10.6 Å². The summed E-state index contributed by atoms with van der Waals surface area (Å²) in [5, 5.41) is 5.97. The zero-order chi connectivity index (χ0) is 19.3. The number of nitrogens with zero attached hydrogens (tertiary/aromatic N) is 1. The molecule has 144 valence electrons. The molecule has 1 aromatic rings.